The van der Waals surface area contributed by atoms with Crippen molar-refractivity contribution in [1.82, 2.24) is 10.2 Å². The van der Waals surface area contributed by atoms with Crippen LogP contribution in [0.1, 0.15) is 12.5 Å². The molecule has 7 nitrogen and oxygen atoms in total. The molecule has 146 valence electrons. The highest BCUT2D eigenvalue weighted by Crippen LogP contribution is 2.19. The summed E-state index contributed by atoms with van der Waals surface area (Å²) in [6.45, 7) is 2.54. The quantitative estimate of drug-likeness (QED) is 0.572. The summed E-state index contributed by atoms with van der Waals surface area (Å²) < 4.78 is 32.3. The molecule has 0 saturated carbocycles. The largest absolute Gasteiger partial charge is 0.494 e. The molecule has 0 bridgehead atoms. The first-order valence-corrected chi connectivity index (χ1v) is 10.6. The lowest BCUT2D eigenvalue weighted by Gasteiger charge is -2.09. The number of hydrogen-bond acceptors (Lipinski definition) is 6. The molecule has 1 heterocycles. The highest BCUT2D eigenvalue weighted by molar-refractivity contribution is 7.92. The Hall–Kier alpha value is -3.13. The normalized spacial score (nSPS) is 11.0. The first-order chi connectivity index (χ1) is 13.5. The number of anilines is 3. The van der Waals surface area contributed by atoms with E-state index >= 15 is 0 Å². The van der Waals surface area contributed by atoms with Crippen LogP contribution in [-0.2, 0) is 16.4 Å². The van der Waals surface area contributed by atoms with Gasteiger partial charge in [-0.05, 0) is 55.3 Å². The number of aryl methyl sites for hydroxylation is 1. The molecule has 0 fully saturated rings. The van der Waals surface area contributed by atoms with Crippen LogP contribution in [0.5, 0.6) is 5.75 Å². The van der Waals surface area contributed by atoms with E-state index in [4.69, 9.17) is 4.74 Å². The average molecular weight is 398 g/mol. The van der Waals surface area contributed by atoms with E-state index < -0.39 is 10.0 Å². The van der Waals surface area contributed by atoms with E-state index in [1.165, 1.54) is 0 Å². The fourth-order valence-electron chi connectivity index (χ4n) is 2.51. The Labute approximate surface area is 164 Å². The molecule has 3 rings (SSSR count). The molecule has 0 aliphatic rings. The summed E-state index contributed by atoms with van der Waals surface area (Å²) in [4.78, 5) is 0. The number of nitrogens with one attached hydrogen (secondary N) is 2. The third-order valence-electron chi connectivity index (χ3n) is 3.86. The van der Waals surface area contributed by atoms with Gasteiger partial charge in [-0.1, -0.05) is 30.3 Å². The number of sulfonamides is 1. The van der Waals surface area contributed by atoms with Crippen molar-refractivity contribution in [2.24, 2.45) is 0 Å². The van der Waals surface area contributed by atoms with E-state index in [9.17, 15) is 8.42 Å². The molecule has 0 aliphatic heterocycles. The molecular formula is C20H22N4O3S. The zero-order valence-corrected chi connectivity index (χ0v) is 16.3. The average Bonchev–Trinajstić information content (AvgIpc) is 2.70. The van der Waals surface area contributed by atoms with Crippen molar-refractivity contribution in [1.29, 1.82) is 0 Å². The van der Waals surface area contributed by atoms with Gasteiger partial charge in [-0.15, -0.1) is 10.2 Å². The van der Waals surface area contributed by atoms with Crippen molar-refractivity contribution >= 4 is 27.3 Å². The molecule has 0 radical (unpaired) electrons. The van der Waals surface area contributed by atoms with Crippen LogP contribution in [0.3, 0.4) is 0 Å². The van der Waals surface area contributed by atoms with Gasteiger partial charge in [0, 0.05) is 5.69 Å². The van der Waals surface area contributed by atoms with Crippen LogP contribution < -0.4 is 14.8 Å². The highest BCUT2D eigenvalue weighted by atomic mass is 32.2. The Balaban J connectivity index is 1.56. The minimum atomic E-state index is -3.50. The Bertz CT molecular complexity index is 976. The fourth-order valence-corrected chi connectivity index (χ4v) is 3.54. The first-order valence-electron chi connectivity index (χ1n) is 8.92. The maximum Gasteiger partial charge on any atom is 0.234 e. The standard InChI is InChI=1S/C20H22N4O3S/c1-2-27-18-10-8-17(9-11-18)21-19-12-13-20(23-22-19)24-28(25,26)15-14-16-6-4-3-5-7-16/h3-13H,2,14-15H2,1H3,(H,21,22)(H,23,24). The molecule has 3 aromatic rings. The van der Waals surface area contributed by atoms with Crippen molar-refractivity contribution in [3.63, 3.8) is 0 Å². The Kier molecular flexibility index (Phi) is 6.44. The van der Waals surface area contributed by atoms with E-state index in [-0.39, 0.29) is 11.6 Å². The van der Waals surface area contributed by atoms with Crippen molar-refractivity contribution in [2.45, 2.75) is 13.3 Å². The van der Waals surface area contributed by atoms with Crippen molar-refractivity contribution < 1.29 is 13.2 Å². The molecule has 0 amide bonds. The highest BCUT2D eigenvalue weighted by Gasteiger charge is 2.12. The summed E-state index contributed by atoms with van der Waals surface area (Å²) >= 11 is 0. The number of hydrogen-bond donors (Lipinski definition) is 2. The van der Waals surface area contributed by atoms with Gasteiger partial charge in [-0.25, -0.2) is 8.42 Å². The van der Waals surface area contributed by atoms with Gasteiger partial charge in [0.1, 0.15) is 5.75 Å². The molecule has 8 heteroatoms. The third kappa shape index (κ3) is 5.95. The van der Waals surface area contributed by atoms with E-state index in [1.807, 2.05) is 61.5 Å². The van der Waals surface area contributed by atoms with E-state index in [2.05, 4.69) is 20.2 Å². The maximum absolute atomic E-state index is 12.2. The predicted molar refractivity (Wildman–Crippen MR) is 110 cm³/mol. The van der Waals surface area contributed by atoms with Crippen LogP contribution in [0, 0.1) is 0 Å². The van der Waals surface area contributed by atoms with Gasteiger partial charge in [-0.2, -0.15) is 0 Å². The second-order valence-corrected chi connectivity index (χ2v) is 7.88. The zero-order chi connectivity index (χ0) is 19.8. The molecule has 28 heavy (non-hydrogen) atoms. The van der Waals surface area contributed by atoms with E-state index in [1.54, 1.807) is 12.1 Å². The zero-order valence-electron chi connectivity index (χ0n) is 15.5. The summed E-state index contributed by atoms with van der Waals surface area (Å²) in [6, 6.07) is 20.2. The predicted octanol–water partition coefficient (Wildman–Crippen LogP) is 3.60. The lowest BCUT2D eigenvalue weighted by atomic mass is 10.2. The SMILES string of the molecule is CCOc1ccc(Nc2ccc(NS(=O)(=O)CCc3ccccc3)nn2)cc1. The van der Waals surface area contributed by atoms with Crippen molar-refractivity contribution in [2.75, 3.05) is 22.4 Å². The summed E-state index contributed by atoms with van der Waals surface area (Å²) in [6.07, 6.45) is 0.432. The lowest BCUT2D eigenvalue weighted by molar-refractivity contribution is 0.340. The van der Waals surface area contributed by atoms with E-state index in [0.29, 0.717) is 18.8 Å². The van der Waals surface area contributed by atoms with Gasteiger partial charge in [-0.3, -0.25) is 4.72 Å². The second-order valence-electron chi connectivity index (χ2n) is 6.04. The van der Waals surface area contributed by atoms with Crippen molar-refractivity contribution in [3.8, 4) is 5.75 Å². The van der Waals surface area contributed by atoms with Gasteiger partial charge in [0.15, 0.2) is 11.6 Å². The molecular weight excluding hydrogens is 376 g/mol. The maximum atomic E-state index is 12.2. The molecule has 1 aromatic heterocycles. The van der Waals surface area contributed by atoms with Gasteiger partial charge in [0.2, 0.25) is 10.0 Å². The molecule has 0 aliphatic carbocycles. The minimum absolute atomic E-state index is 0.0229. The molecule has 2 N–H and O–H groups in total. The molecule has 2 aromatic carbocycles. The number of rotatable bonds is 9. The Morgan fingerprint density at radius 2 is 1.57 bits per heavy atom. The minimum Gasteiger partial charge on any atom is -0.494 e. The van der Waals surface area contributed by atoms with Crippen LogP contribution in [0.25, 0.3) is 0 Å². The van der Waals surface area contributed by atoms with E-state index in [0.717, 1.165) is 17.0 Å². The van der Waals surface area contributed by atoms with Crippen molar-refractivity contribution in [3.05, 3.63) is 72.3 Å². The van der Waals surface area contributed by atoms with Gasteiger partial charge >= 0.3 is 0 Å². The number of ether oxygens (including phenoxy) is 1. The van der Waals surface area contributed by atoms with Crippen LogP contribution >= 0.6 is 0 Å². The Morgan fingerprint density at radius 3 is 2.21 bits per heavy atom. The Morgan fingerprint density at radius 1 is 0.893 bits per heavy atom. The molecule has 0 spiro atoms. The number of nitrogens with zero attached hydrogens (tertiary/aromatic N) is 2. The van der Waals surface area contributed by atoms with Gasteiger partial charge in [0.25, 0.3) is 0 Å². The van der Waals surface area contributed by atoms with Crippen LogP contribution in [-0.4, -0.2) is 31.0 Å². The smallest absolute Gasteiger partial charge is 0.234 e. The van der Waals surface area contributed by atoms with Gasteiger partial charge in [0.05, 0.1) is 12.4 Å². The lowest BCUT2D eigenvalue weighted by Crippen LogP contribution is -2.19. The summed E-state index contributed by atoms with van der Waals surface area (Å²) in [7, 11) is -3.50. The van der Waals surface area contributed by atoms with Crippen LogP contribution in [0.15, 0.2) is 66.7 Å². The molecule has 0 saturated heterocycles. The second kappa shape index (κ2) is 9.18. The topological polar surface area (TPSA) is 93.2 Å². The summed E-state index contributed by atoms with van der Waals surface area (Å²) in [5.74, 6) is 1.46. The monoisotopic (exact) mass is 398 g/mol. The summed E-state index contributed by atoms with van der Waals surface area (Å²) in [5, 5.41) is 11.1. The van der Waals surface area contributed by atoms with Crippen LogP contribution in [0.2, 0.25) is 0 Å². The third-order valence-corrected chi connectivity index (χ3v) is 5.13. The summed E-state index contributed by atoms with van der Waals surface area (Å²) in [5.41, 5.74) is 1.79. The number of benzene rings is 2. The number of aromatic nitrogens is 2. The first kappa shape index (κ1) is 19.6. The van der Waals surface area contributed by atoms with Crippen LogP contribution in [0.4, 0.5) is 17.3 Å². The van der Waals surface area contributed by atoms with Gasteiger partial charge < -0.3 is 10.1 Å². The fraction of sp³-hybridized carbons (Fsp3) is 0.200. The molecule has 0 atom stereocenters. The molecule has 0 unspecified atom stereocenters.